The maximum Gasteiger partial charge on any atom is 0.215 e. The maximum absolute atomic E-state index is 11.9. The van der Waals surface area contributed by atoms with Gasteiger partial charge in [0.25, 0.3) is 0 Å². The first-order chi connectivity index (χ1) is 9.67. The molecule has 0 unspecified atom stereocenters. The van der Waals surface area contributed by atoms with E-state index in [4.69, 9.17) is 18.0 Å². The van der Waals surface area contributed by atoms with Crippen molar-refractivity contribution in [3.05, 3.63) is 35.4 Å². The Morgan fingerprint density at radius 1 is 1.19 bits per heavy atom. The van der Waals surface area contributed by atoms with Gasteiger partial charge < -0.3 is 5.73 Å². The largest absolute Gasteiger partial charge is 0.389 e. The van der Waals surface area contributed by atoms with Gasteiger partial charge in [0.15, 0.2) is 0 Å². The SMILES string of the molecule is CNS(=O)(=O)CCNS(=O)(=O)Cc1ccccc1C(N)=S. The summed E-state index contributed by atoms with van der Waals surface area (Å²) in [5.74, 6) is -0.653. The predicted octanol–water partition coefficient (Wildman–Crippen LogP) is -0.711. The van der Waals surface area contributed by atoms with E-state index in [1.54, 1.807) is 24.3 Å². The second-order valence-corrected chi connectivity index (χ2v) is 8.49. The summed E-state index contributed by atoms with van der Waals surface area (Å²) in [6.07, 6.45) is 0. The average molecular weight is 351 g/mol. The van der Waals surface area contributed by atoms with Crippen LogP contribution in [0, 0.1) is 0 Å². The smallest absolute Gasteiger partial charge is 0.215 e. The normalized spacial score (nSPS) is 12.2. The zero-order valence-corrected chi connectivity index (χ0v) is 13.8. The number of hydrogen-bond donors (Lipinski definition) is 3. The second-order valence-electron chi connectivity index (χ2n) is 4.20. The highest BCUT2D eigenvalue weighted by molar-refractivity contribution is 7.90. The molecule has 1 aromatic carbocycles. The molecule has 0 aliphatic heterocycles. The molecule has 1 rings (SSSR count). The first-order valence-electron chi connectivity index (χ1n) is 5.93. The summed E-state index contributed by atoms with van der Waals surface area (Å²) in [6, 6.07) is 6.63. The Morgan fingerprint density at radius 3 is 2.38 bits per heavy atom. The van der Waals surface area contributed by atoms with Gasteiger partial charge in [0.2, 0.25) is 20.0 Å². The van der Waals surface area contributed by atoms with E-state index < -0.39 is 20.0 Å². The molecule has 0 amide bonds. The lowest BCUT2D eigenvalue weighted by Crippen LogP contribution is -2.33. The van der Waals surface area contributed by atoms with Crippen molar-refractivity contribution in [2.75, 3.05) is 19.3 Å². The maximum atomic E-state index is 11.9. The number of rotatable bonds is 8. The Hall–Kier alpha value is -1.07. The Kier molecular flexibility index (Phi) is 6.23. The van der Waals surface area contributed by atoms with E-state index >= 15 is 0 Å². The lowest BCUT2D eigenvalue weighted by molar-refractivity contribution is 0.578. The van der Waals surface area contributed by atoms with Crippen LogP contribution in [0.1, 0.15) is 11.1 Å². The van der Waals surface area contributed by atoms with Crippen LogP contribution in [0.2, 0.25) is 0 Å². The highest BCUT2D eigenvalue weighted by atomic mass is 32.2. The number of benzene rings is 1. The minimum absolute atomic E-state index is 0.110. The van der Waals surface area contributed by atoms with E-state index in [1.807, 2.05) is 0 Å². The fourth-order valence-electron chi connectivity index (χ4n) is 1.58. The predicted molar refractivity (Wildman–Crippen MR) is 85.8 cm³/mol. The van der Waals surface area contributed by atoms with Crippen molar-refractivity contribution in [3.63, 3.8) is 0 Å². The molecule has 0 saturated carbocycles. The van der Waals surface area contributed by atoms with Crippen molar-refractivity contribution in [1.29, 1.82) is 0 Å². The lowest BCUT2D eigenvalue weighted by Gasteiger charge is -2.10. The zero-order valence-electron chi connectivity index (χ0n) is 11.4. The topological polar surface area (TPSA) is 118 Å². The second kappa shape index (κ2) is 7.27. The summed E-state index contributed by atoms with van der Waals surface area (Å²) in [6.45, 7) is -0.208. The Morgan fingerprint density at radius 2 is 1.81 bits per heavy atom. The van der Waals surface area contributed by atoms with Crippen LogP contribution in [0.25, 0.3) is 0 Å². The summed E-state index contributed by atoms with van der Waals surface area (Å²) >= 11 is 4.87. The Labute approximate surface area is 130 Å². The van der Waals surface area contributed by atoms with Crippen molar-refractivity contribution in [1.82, 2.24) is 9.44 Å². The van der Waals surface area contributed by atoms with Crippen LogP contribution >= 0.6 is 12.2 Å². The summed E-state index contributed by atoms with van der Waals surface area (Å²) in [5.41, 5.74) is 6.49. The molecule has 0 aromatic heterocycles. The van der Waals surface area contributed by atoms with Crippen LogP contribution in [0.15, 0.2) is 24.3 Å². The van der Waals surface area contributed by atoms with Crippen LogP contribution in [-0.4, -0.2) is 41.2 Å². The molecule has 0 atom stereocenters. The molecule has 0 heterocycles. The third-order valence-electron chi connectivity index (χ3n) is 2.63. The Balaban J connectivity index is 2.76. The molecule has 0 radical (unpaired) electrons. The molecule has 1 aromatic rings. The fourth-order valence-corrected chi connectivity index (χ4v) is 3.66. The van der Waals surface area contributed by atoms with Crippen molar-refractivity contribution in [2.24, 2.45) is 5.73 Å². The number of thiocarbonyl (C=S) groups is 1. The molecular weight excluding hydrogens is 334 g/mol. The minimum Gasteiger partial charge on any atom is -0.389 e. The average Bonchev–Trinajstić information content (AvgIpc) is 2.38. The summed E-state index contributed by atoms with van der Waals surface area (Å²) < 4.78 is 50.6. The molecule has 0 fully saturated rings. The molecule has 0 saturated heterocycles. The number of hydrogen-bond acceptors (Lipinski definition) is 5. The molecule has 7 nitrogen and oxygen atoms in total. The third-order valence-corrected chi connectivity index (χ3v) is 5.55. The van der Waals surface area contributed by atoms with E-state index in [1.165, 1.54) is 7.05 Å². The van der Waals surface area contributed by atoms with Crippen molar-refractivity contribution in [3.8, 4) is 0 Å². The van der Waals surface area contributed by atoms with E-state index in [2.05, 4.69) is 9.44 Å². The highest BCUT2D eigenvalue weighted by Gasteiger charge is 2.16. The van der Waals surface area contributed by atoms with Gasteiger partial charge in [-0.05, 0) is 12.6 Å². The molecule has 10 heteroatoms. The Bertz CT molecular complexity index is 714. The van der Waals surface area contributed by atoms with E-state index in [9.17, 15) is 16.8 Å². The van der Waals surface area contributed by atoms with Gasteiger partial charge in [-0.2, -0.15) is 0 Å². The molecular formula is C11H17N3O4S3. The van der Waals surface area contributed by atoms with Crippen LogP contribution in [0.5, 0.6) is 0 Å². The van der Waals surface area contributed by atoms with Crippen LogP contribution in [-0.2, 0) is 25.8 Å². The fraction of sp³-hybridized carbons (Fsp3) is 0.364. The van der Waals surface area contributed by atoms with Crippen LogP contribution < -0.4 is 15.2 Å². The zero-order chi connectivity index (χ0) is 16.1. The van der Waals surface area contributed by atoms with Crippen molar-refractivity contribution >= 4 is 37.3 Å². The van der Waals surface area contributed by atoms with Gasteiger partial charge in [0.1, 0.15) is 4.99 Å². The number of sulfonamides is 2. The number of nitrogens with two attached hydrogens (primary N) is 1. The summed E-state index contributed by atoms with van der Waals surface area (Å²) in [4.78, 5) is 0.110. The third kappa shape index (κ3) is 6.06. The molecule has 0 bridgehead atoms. The van der Waals surface area contributed by atoms with Crippen LogP contribution in [0.3, 0.4) is 0 Å². The van der Waals surface area contributed by atoms with E-state index in [-0.39, 0.29) is 23.0 Å². The summed E-state index contributed by atoms with van der Waals surface area (Å²) in [7, 11) is -5.87. The van der Waals surface area contributed by atoms with E-state index in [0.29, 0.717) is 11.1 Å². The summed E-state index contributed by atoms with van der Waals surface area (Å²) in [5, 5.41) is 0. The molecule has 0 aliphatic carbocycles. The lowest BCUT2D eigenvalue weighted by atomic mass is 10.1. The van der Waals surface area contributed by atoms with E-state index in [0.717, 1.165) is 0 Å². The first kappa shape index (κ1) is 18.0. The molecule has 118 valence electrons. The number of nitrogens with one attached hydrogen (secondary N) is 2. The van der Waals surface area contributed by atoms with Gasteiger partial charge in [-0.1, -0.05) is 36.5 Å². The van der Waals surface area contributed by atoms with Crippen LogP contribution in [0.4, 0.5) is 0 Å². The minimum atomic E-state index is -3.68. The molecule has 21 heavy (non-hydrogen) atoms. The van der Waals surface area contributed by atoms with Crippen molar-refractivity contribution in [2.45, 2.75) is 5.75 Å². The van der Waals surface area contributed by atoms with Gasteiger partial charge in [0.05, 0.1) is 11.5 Å². The van der Waals surface area contributed by atoms with Gasteiger partial charge in [-0.3, -0.25) is 0 Å². The first-order valence-corrected chi connectivity index (χ1v) is 9.64. The monoisotopic (exact) mass is 351 g/mol. The van der Waals surface area contributed by atoms with Gasteiger partial charge in [-0.15, -0.1) is 0 Å². The standard InChI is InChI=1S/C11H17N3O4S3/c1-13-20(15,16)7-6-14-21(17,18)8-9-4-2-3-5-10(9)11(12)19/h2-5,13-14H,6-8H2,1H3,(H2,12,19). The van der Waals surface area contributed by atoms with Gasteiger partial charge in [0, 0.05) is 12.1 Å². The highest BCUT2D eigenvalue weighted by Crippen LogP contribution is 2.12. The molecule has 0 spiro atoms. The van der Waals surface area contributed by atoms with Gasteiger partial charge in [-0.25, -0.2) is 26.3 Å². The molecule has 0 aliphatic rings. The van der Waals surface area contributed by atoms with Crippen molar-refractivity contribution < 1.29 is 16.8 Å². The van der Waals surface area contributed by atoms with Gasteiger partial charge >= 0.3 is 0 Å². The quantitative estimate of drug-likeness (QED) is 0.533. The molecule has 4 N–H and O–H groups in total.